The smallest absolute Gasteiger partial charge is 0.462 e. The van der Waals surface area contributed by atoms with Crippen LogP contribution in [0.1, 0.15) is 206 Å². The Hall–Kier alpha value is -2.33. The van der Waals surface area contributed by atoms with E-state index < -0.39 is 51.8 Å². The van der Waals surface area contributed by atoms with Gasteiger partial charge in [-0.05, 0) is 77.0 Å². The fraction of sp³-hybridized carbons (Fsp3) is 0.760. The number of rotatable bonds is 45. The molecule has 0 bridgehead atoms. The minimum atomic E-state index is -4.64. The number of aliphatic hydroxyl groups is 2. The molecule has 0 aliphatic carbocycles. The molecule has 0 aromatic heterocycles. The predicted octanol–water partition coefficient (Wildman–Crippen LogP) is 13.5. The van der Waals surface area contributed by atoms with E-state index >= 15 is 0 Å². The van der Waals surface area contributed by atoms with Gasteiger partial charge >= 0.3 is 19.8 Å². The number of carbonyl (C=O) groups excluding carboxylic acids is 2. The average Bonchev–Trinajstić information content (AvgIpc) is 3.25. The maximum atomic E-state index is 12.6. The van der Waals surface area contributed by atoms with Gasteiger partial charge in [-0.2, -0.15) is 0 Å². The van der Waals surface area contributed by atoms with Crippen molar-refractivity contribution in [1.29, 1.82) is 0 Å². The van der Waals surface area contributed by atoms with Gasteiger partial charge in [0.25, 0.3) is 0 Å². The van der Waals surface area contributed by atoms with Crippen LogP contribution in [0.4, 0.5) is 0 Å². The highest BCUT2D eigenvalue weighted by Gasteiger charge is 2.27. The molecule has 0 saturated heterocycles. The number of esters is 2. The summed E-state index contributed by atoms with van der Waals surface area (Å²) in [5.74, 6) is -0.990. The van der Waals surface area contributed by atoms with Crippen LogP contribution in [0.5, 0.6) is 0 Å². The highest BCUT2D eigenvalue weighted by atomic mass is 31.2. The zero-order valence-electron chi connectivity index (χ0n) is 38.6. The molecule has 3 atom stereocenters. The zero-order valence-corrected chi connectivity index (χ0v) is 39.5. The van der Waals surface area contributed by atoms with Crippen LogP contribution in [-0.4, -0.2) is 65.7 Å². The third kappa shape index (κ3) is 45.5. The van der Waals surface area contributed by atoms with Crippen molar-refractivity contribution in [3.05, 3.63) is 60.8 Å². The first-order chi connectivity index (χ1) is 29.7. The lowest BCUT2D eigenvalue weighted by Crippen LogP contribution is -2.29. The Morgan fingerprint density at radius 1 is 0.492 bits per heavy atom. The Morgan fingerprint density at radius 2 is 0.869 bits per heavy atom. The van der Waals surface area contributed by atoms with Crippen molar-refractivity contribution in [2.24, 2.45) is 0 Å². The minimum absolute atomic E-state index is 0.107. The van der Waals surface area contributed by atoms with E-state index in [0.29, 0.717) is 19.3 Å². The molecule has 0 aromatic carbocycles. The Balaban J connectivity index is 4.28. The Morgan fingerprint density at radius 3 is 1.38 bits per heavy atom. The standard InChI is InChI=1S/C50H89O10P/c1-3-5-7-9-11-13-15-17-19-21-22-23-24-26-27-29-31-33-35-37-39-41-49(53)57-45-48(46-59-61(55,56)58-44-47(52)43-51)60-50(54)42-40-38-36-34-32-30-28-25-20-18-16-14-12-10-8-6-4-2/h12,14,17-20,28,30,34,36,47-48,51-52H,3-11,13,15-16,21-27,29,31-33,35,37-46H2,1-2H3,(H,55,56)/b14-12-,19-17-,20-18-,30-28-,36-34-/t47-,48+/m0/s1. The fourth-order valence-corrected chi connectivity index (χ4v) is 7.18. The molecule has 0 aliphatic rings. The SMILES string of the molecule is CCCCC/C=C\C/C=C\C/C=C\C/C=C\CCCC(=O)O[C@H](COC(=O)CCCCCCCCCCCCC/C=C\CCCCCCCC)COP(=O)(O)OC[C@@H](O)CO. The molecule has 0 amide bonds. The number of phosphoric ester groups is 1. The molecule has 0 fully saturated rings. The van der Waals surface area contributed by atoms with Crippen LogP contribution in [0.2, 0.25) is 0 Å². The van der Waals surface area contributed by atoms with Gasteiger partial charge in [-0.15, -0.1) is 0 Å². The number of hydrogen-bond donors (Lipinski definition) is 3. The lowest BCUT2D eigenvalue weighted by atomic mass is 10.0. The van der Waals surface area contributed by atoms with Gasteiger partial charge in [0.05, 0.1) is 19.8 Å². The van der Waals surface area contributed by atoms with Gasteiger partial charge in [0.15, 0.2) is 6.10 Å². The third-order valence-corrected chi connectivity index (χ3v) is 11.1. The predicted molar refractivity (Wildman–Crippen MR) is 251 cm³/mol. The number of unbranched alkanes of at least 4 members (excludes halogenated alkanes) is 21. The summed E-state index contributed by atoms with van der Waals surface area (Å²) in [4.78, 5) is 35.1. The summed E-state index contributed by atoms with van der Waals surface area (Å²) in [6, 6.07) is 0. The number of allylic oxidation sites excluding steroid dienone is 10. The molecule has 0 rings (SSSR count). The van der Waals surface area contributed by atoms with Crippen LogP contribution in [0.3, 0.4) is 0 Å². The van der Waals surface area contributed by atoms with Gasteiger partial charge < -0.3 is 24.6 Å². The molecule has 0 spiro atoms. The highest BCUT2D eigenvalue weighted by Crippen LogP contribution is 2.43. The molecule has 11 heteroatoms. The van der Waals surface area contributed by atoms with Crippen LogP contribution in [-0.2, 0) is 32.7 Å². The average molecular weight is 881 g/mol. The van der Waals surface area contributed by atoms with E-state index in [4.69, 9.17) is 23.6 Å². The van der Waals surface area contributed by atoms with Crippen molar-refractivity contribution >= 4 is 19.8 Å². The molecule has 0 aromatic rings. The Bertz CT molecular complexity index is 1200. The molecule has 0 radical (unpaired) electrons. The first-order valence-corrected chi connectivity index (χ1v) is 25.7. The van der Waals surface area contributed by atoms with Crippen LogP contribution < -0.4 is 0 Å². The second kappa shape index (κ2) is 45.7. The van der Waals surface area contributed by atoms with Gasteiger partial charge in [0.1, 0.15) is 12.7 Å². The van der Waals surface area contributed by atoms with Gasteiger partial charge in [-0.25, -0.2) is 4.57 Å². The van der Waals surface area contributed by atoms with Crippen LogP contribution >= 0.6 is 7.82 Å². The first-order valence-electron chi connectivity index (χ1n) is 24.2. The van der Waals surface area contributed by atoms with Gasteiger partial charge in [-0.1, -0.05) is 177 Å². The first kappa shape index (κ1) is 58.7. The zero-order chi connectivity index (χ0) is 44.8. The Kier molecular flexibility index (Phi) is 43.9. The quantitative estimate of drug-likeness (QED) is 0.0233. The number of aliphatic hydroxyl groups excluding tert-OH is 2. The maximum absolute atomic E-state index is 12.6. The van der Waals surface area contributed by atoms with E-state index in [9.17, 15) is 24.2 Å². The van der Waals surface area contributed by atoms with E-state index in [2.05, 4.69) is 62.5 Å². The fourth-order valence-electron chi connectivity index (χ4n) is 6.39. The topological polar surface area (TPSA) is 149 Å². The normalized spacial score (nSPS) is 14.2. The van der Waals surface area contributed by atoms with Crippen LogP contribution in [0, 0.1) is 0 Å². The van der Waals surface area contributed by atoms with Gasteiger partial charge in [-0.3, -0.25) is 18.6 Å². The summed E-state index contributed by atoms with van der Waals surface area (Å²) >= 11 is 0. The van der Waals surface area contributed by atoms with Crippen molar-refractivity contribution in [1.82, 2.24) is 0 Å². The summed E-state index contributed by atoms with van der Waals surface area (Å²) in [6.07, 6.45) is 51.9. The molecule has 3 N–H and O–H groups in total. The minimum Gasteiger partial charge on any atom is -0.462 e. The second-order valence-electron chi connectivity index (χ2n) is 16.1. The molecule has 0 aliphatic heterocycles. The van der Waals surface area contributed by atoms with Crippen molar-refractivity contribution in [2.45, 2.75) is 219 Å². The van der Waals surface area contributed by atoms with Crippen molar-refractivity contribution < 1.29 is 47.8 Å². The maximum Gasteiger partial charge on any atom is 0.472 e. The van der Waals surface area contributed by atoms with E-state index in [1.165, 1.54) is 116 Å². The summed E-state index contributed by atoms with van der Waals surface area (Å²) < 4.78 is 32.7. The number of carbonyl (C=O) groups is 2. The molecular weight excluding hydrogens is 792 g/mol. The monoisotopic (exact) mass is 881 g/mol. The summed E-state index contributed by atoms with van der Waals surface area (Å²) in [7, 11) is -4.64. The van der Waals surface area contributed by atoms with E-state index in [-0.39, 0.29) is 19.4 Å². The molecule has 0 heterocycles. The number of hydrogen-bond acceptors (Lipinski definition) is 9. The van der Waals surface area contributed by atoms with Gasteiger partial charge in [0, 0.05) is 12.8 Å². The second-order valence-corrected chi connectivity index (χ2v) is 17.6. The third-order valence-electron chi connectivity index (χ3n) is 10.1. The lowest BCUT2D eigenvalue weighted by molar-refractivity contribution is -0.161. The summed E-state index contributed by atoms with van der Waals surface area (Å²) in [5.41, 5.74) is 0. The van der Waals surface area contributed by atoms with Crippen molar-refractivity contribution in [3.8, 4) is 0 Å². The number of phosphoric acid groups is 1. The Labute approximate surface area is 372 Å². The van der Waals surface area contributed by atoms with Crippen molar-refractivity contribution in [3.63, 3.8) is 0 Å². The molecular formula is C50H89O10P. The summed E-state index contributed by atoms with van der Waals surface area (Å²) in [5, 5.41) is 18.4. The van der Waals surface area contributed by atoms with Crippen molar-refractivity contribution in [2.75, 3.05) is 26.4 Å². The van der Waals surface area contributed by atoms with E-state index in [1.807, 2.05) is 12.2 Å². The highest BCUT2D eigenvalue weighted by molar-refractivity contribution is 7.47. The number of ether oxygens (including phenoxy) is 2. The largest absolute Gasteiger partial charge is 0.472 e. The van der Waals surface area contributed by atoms with E-state index in [1.54, 1.807) is 0 Å². The molecule has 61 heavy (non-hydrogen) atoms. The molecule has 1 unspecified atom stereocenters. The molecule has 0 saturated carbocycles. The van der Waals surface area contributed by atoms with E-state index in [0.717, 1.165) is 44.9 Å². The van der Waals surface area contributed by atoms with Crippen LogP contribution in [0.15, 0.2) is 60.8 Å². The molecule has 354 valence electrons. The summed E-state index contributed by atoms with van der Waals surface area (Å²) in [6.45, 7) is 2.30. The molecule has 10 nitrogen and oxygen atoms in total. The van der Waals surface area contributed by atoms with Gasteiger partial charge in [0.2, 0.25) is 0 Å². The van der Waals surface area contributed by atoms with Crippen LogP contribution in [0.25, 0.3) is 0 Å². The lowest BCUT2D eigenvalue weighted by Gasteiger charge is -2.20.